The van der Waals surface area contributed by atoms with Crippen LogP contribution in [-0.2, 0) is 0 Å². The molecule has 0 bridgehead atoms. The van der Waals surface area contributed by atoms with Gasteiger partial charge >= 0.3 is 0 Å². The van der Waals surface area contributed by atoms with Gasteiger partial charge in [0.2, 0.25) is 0 Å². The van der Waals surface area contributed by atoms with Gasteiger partial charge in [-0.3, -0.25) is 2.78 Å². The van der Waals surface area contributed by atoms with Crippen LogP contribution in [0.2, 0.25) is 10.0 Å². The average molecular weight is 581 g/mol. The van der Waals surface area contributed by atoms with Crippen molar-refractivity contribution in [2.24, 2.45) is 0 Å². The zero-order chi connectivity index (χ0) is 22.9. The van der Waals surface area contributed by atoms with Gasteiger partial charge in [-0.1, -0.05) is 71.7 Å². The van der Waals surface area contributed by atoms with Crippen LogP contribution in [0, 0.1) is 11.3 Å². The van der Waals surface area contributed by atoms with Crippen molar-refractivity contribution in [3.05, 3.63) is 118 Å². The highest BCUT2D eigenvalue weighted by Gasteiger charge is 2.22. The molecule has 0 N–H and O–H groups in total. The van der Waals surface area contributed by atoms with E-state index in [1.54, 1.807) is 6.33 Å². The lowest BCUT2D eigenvalue weighted by molar-refractivity contribution is 0.926. The van der Waals surface area contributed by atoms with Gasteiger partial charge in [-0.05, 0) is 41.0 Å². The predicted molar refractivity (Wildman–Crippen MR) is 141 cm³/mol. The van der Waals surface area contributed by atoms with Gasteiger partial charge < -0.3 is 0 Å². The number of hydrogen-bond donors (Lipinski definition) is 0. The highest BCUT2D eigenvalue weighted by atomic mass is 127. The van der Waals surface area contributed by atoms with Gasteiger partial charge in [0.25, 0.3) is 0 Å². The predicted octanol–water partition coefficient (Wildman–Crippen LogP) is 7.66. The molecule has 4 nitrogen and oxygen atoms in total. The molecule has 2 aromatic heterocycles. The normalized spacial score (nSPS) is 11.9. The van der Waals surface area contributed by atoms with Crippen LogP contribution in [0.15, 0.2) is 85.3 Å². The van der Waals surface area contributed by atoms with Gasteiger partial charge in [-0.15, -0.1) is 0 Å². The van der Waals surface area contributed by atoms with E-state index >= 15 is 0 Å². The summed E-state index contributed by atoms with van der Waals surface area (Å²) in [6.07, 6.45) is 3.64. The summed E-state index contributed by atoms with van der Waals surface area (Å²) in [5, 5.41) is 11.7. The van der Waals surface area contributed by atoms with E-state index in [1.165, 1.54) is 0 Å². The molecule has 7 heteroatoms. The number of rotatable bonds is 4. The molecule has 3 aromatic carbocycles. The summed E-state index contributed by atoms with van der Waals surface area (Å²) in [7, 11) is 0. The first kappa shape index (κ1) is 21.9. The molecular formula is C26H15Cl2IN4. The van der Waals surface area contributed by atoms with Crippen molar-refractivity contribution < 1.29 is 0 Å². The Hall–Kier alpha value is -2.92. The maximum Gasteiger partial charge on any atom is 0.150 e. The maximum atomic E-state index is 9.74. The fourth-order valence-electron chi connectivity index (χ4n) is 4.05. The zero-order valence-electron chi connectivity index (χ0n) is 17.1. The molecule has 33 heavy (non-hydrogen) atoms. The fraction of sp³-hybridized carbons (Fsp3) is 0.0385. The summed E-state index contributed by atoms with van der Waals surface area (Å²) in [4.78, 5) is 8.94. The van der Waals surface area contributed by atoms with E-state index in [1.807, 2.05) is 75.7 Å². The van der Waals surface area contributed by atoms with Crippen LogP contribution in [0.5, 0.6) is 0 Å². The lowest BCUT2D eigenvalue weighted by Gasteiger charge is -2.19. The number of benzene rings is 3. The molecule has 0 aliphatic heterocycles. The lowest BCUT2D eigenvalue weighted by Crippen LogP contribution is -2.06. The minimum atomic E-state index is -0.0852. The summed E-state index contributed by atoms with van der Waals surface area (Å²) in [5.74, 6) is -0.0852. The third kappa shape index (κ3) is 4.10. The Morgan fingerprint density at radius 2 is 1.67 bits per heavy atom. The lowest BCUT2D eigenvalue weighted by atomic mass is 9.88. The highest BCUT2D eigenvalue weighted by Crippen LogP contribution is 2.39. The van der Waals surface area contributed by atoms with Crippen LogP contribution < -0.4 is 0 Å². The first-order valence-electron chi connectivity index (χ1n) is 10.1. The third-order valence-corrected chi connectivity index (χ3v) is 7.02. The Bertz CT molecular complexity index is 1510. The summed E-state index contributed by atoms with van der Waals surface area (Å²) in [6, 6.07) is 25.7. The van der Waals surface area contributed by atoms with E-state index in [2.05, 4.69) is 45.0 Å². The fourth-order valence-corrected chi connectivity index (χ4v) is 5.07. The monoisotopic (exact) mass is 580 g/mol. The Morgan fingerprint density at radius 1 is 0.939 bits per heavy atom. The van der Waals surface area contributed by atoms with Crippen molar-refractivity contribution in [3.8, 4) is 17.2 Å². The van der Waals surface area contributed by atoms with Crippen LogP contribution in [0.1, 0.15) is 28.4 Å². The number of aromatic nitrogens is 3. The molecule has 1 atom stereocenters. The van der Waals surface area contributed by atoms with Crippen LogP contribution in [-0.4, -0.2) is 12.7 Å². The average Bonchev–Trinajstić information content (AvgIpc) is 3.26. The number of nitriles is 1. The van der Waals surface area contributed by atoms with Crippen molar-refractivity contribution >= 4 is 57.0 Å². The molecule has 0 spiro atoms. The molecule has 5 aromatic rings. The minimum Gasteiger partial charge on any atom is -0.274 e. The zero-order valence-corrected chi connectivity index (χ0v) is 20.8. The first-order valence-corrected chi connectivity index (χ1v) is 11.8. The summed E-state index contributed by atoms with van der Waals surface area (Å²) in [5.41, 5.74) is 5.64. The van der Waals surface area contributed by atoms with E-state index in [4.69, 9.17) is 23.2 Å². The van der Waals surface area contributed by atoms with E-state index in [0.29, 0.717) is 26.8 Å². The van der Waals surface area contributed by atoms with E-state index in [0.717, 1.165) is 27.8 Å². The maximum absolute atomic E-state index is 9.74. The SMILES string of the molecule is N#Cc1nc2ccc(C(c3ccc(Cl)cc3)c3cncn3I)cc2c(Cl)c1-c1ccccc1. The smallest absolute Gasteiger partial charge is 0.150 e. The summed E-state index contributed by atoms with van der Waals surface area (Å²) < 4.78 is 1.98. The number of halogens is 3. The Balaban J connectivity index is 1.75. The van der Waals surface area contributed by atoms with E-state index in [-0.39, 0.29) is 5.92 Å². The molecule has 0 aliphatic rings. The number of nitrogens with zero attached hydrogens (tertiary/aromatic N) is 4. The molecule has 0 radical (unpaired) electrons. The molecule has 0 aliphatic carbocycles. The summed E-state index contributed by atoms with van der Waals surface area (Å²) >= 11 is 15.3. The van der Waals surface area contributed by atoms with Crippen molar-refractivity contribution in [2.75, 3.05) is 0 Å². The second-order valence-corrected chi connectivity index (χ2v) is 9.37. The largest absolute Gasteiger partial charge is 0.274 e. The van der Waals surface area contributed by atoms with Gasteiger partial charge in [-0.25, -0.2) is 9.97 Å². The topological polar surface area (TPSA) is 54.5 Å². The number of imidazole rings is 1. The van der Waals surface area contributed by atoms with Gasteiger partial charge in [-0.2, -0.15) is 5.26 Å². The Kier molecular flexibility index (Phi) is 6.07. The molecule has 1 unspecified atom stereocenters. The molecule has 0 saturated carbocycles. The molecule has 0 saturated heterocycles. The molecule has 2 heterocycles. The van der Waals surface area contributed by atoms with Crippen molar-refractivity contribution in [1.82, 2.24) is 12.7 Å². The Labute approximate surface area is 214 Å². The summed E-state index contributed by atoms with van der Waals surface area (Å²) in [6.45, 7) is 0. The van der Waals surface area contributed by atoms with E-state index in [9.17, 15) is 5.26 Å². The second-order valence-electron chi connectivity index (χ2n) is 7.52. The highest BCUT2D eigenvalue weighted by molar-refractivity contribution is 14.1. The van der Waals surface area contributed by atoms with Crippen molar-refractivity contribution in [3.63, 3.8) is 0 Å². The van der Waals surface area contributed by atoms with Crippen LogP contribution in [0.25, 0.3) is 22.0 Å². The first-order chi connectivity index (χ1) is 16.1. The van der Waals surface area contributed by atoms with Gasteiger partial charge in [0.05, 0.1) is 45.0 Å². The van der Waals surface area contributed by atoms with Crippen LogP contribution >= 0.6 is 46.1 Å². The molecular weight excluding hydrogens is 566 g/mol. The van der Waals surface area contributed by atoms with Crippen LogP contribution in [0.3, 0.4) is 0 Å². The van der Waals surface area contributed by atoms with Gasteiger partial charge in [0.15, 0.2) is 5.69 Å². The molecule has 5 rings (SSSR count). The quantitative estimate of drug-likeness (QED) is 0.205. The molecule has 160 valence electrons. The third-order valence-electron chi connectivity index (χ3n) is 5.57. The minimum absolute atomic E-state index is 0.0852. The Morgan fingerprint density at radius 3 is 2.33 bits per heavy atom. The molecule has 0 fully saturated rings. The van der Waals surface area contributed by atoms with Crippen molar-refractivity contribution in [1.29, 1.82) is 5.26 Å². The van der Waals surface area contributed by atoms with Crippen LogP contribution in [0.4, 0.5) is 0 Å². The number of pyridine rings is 1. The van der Waals surface area contributed by atoms with Crippen molar-refractivity contribution in [2.45, 2.75) is 5.92 Å². The second kappa shape index (κ2) is 9.14. The molecule has 0 amide bonds. The van der Waals surface area contributed by atoms with Gasteiger partial charge in [0, 0.05) is 22.2 Å². The van der Waals surface area contributed by atoms with E-state index < -0.39 is 0 Å². The number of fused-ring (bicyclic) bond motifs is 1. The van der Waals surface area contributed by atoms with Gasteiger partial charge in [0.1, 0.15) is 12.4 Å². The standard InChI is InChI=1S/C26H15Cl2IN4/c27-19-9-6-17(7-10-19)24(23-14-31-15-33(23)29)18-8-11-21-20(12-18)26(28)25(22(13-30)32-21)16-4-2-1-3-5-16/h1-12,14-15,24H. The number of hydrogen-bond acceptors (Lipinski definition) is 3.